The molecule has 0 aromatic carbocycles. The number of carbonyl (C=O) groups is 1. The lowest BCUT2D eigenvalue weighted by molar-refractivity contribution is -0.139. The molecule has 2 atom stereocenters. The third-order valence-corrected chi connectivity index (χ3v) is 3.33. The molecular formula is C12H15N3O3. The van der Waals surface area contributed by atoms with Crippen LogP contribution in [0.4, 0.5) is 0 Å². The number of nitrogens with zero attached hydrogens (tertiary/aromatic N) is 2. The van der Waals surface area contributed by atoms with E-state index >= 15 is 0 Å². The van der Waals surface area contributed by atoms with Crippen LogP contribution in [-0.2, 0) is 4.79 Å². The third-order valence-electron chi connectivity index (χ3n) is 3.33. The highest BCUT2D eigenvalue weighted by atomic mass is 16.5. The van der Waals surface area contributed by atoms with Crippen molar-refractivity contribution in [3.63, 3.8) is 0 Å². The SMILES string of the molecule is O=C(O)C1CC(Oc2cc(C3CC3)ncn2)CN1. The van der Waals surface area contributed by atoms with Gasteiger partial charge in [0.15, 0.2) is 0 Å². The molecule has 0 amide bonds. The first-order chi connectivity index (χ1) is 8.72. The predicted octanol–water partition coefficient (Wildman–Crippen LogP) is 0.548. The monoisotopic (exact) mass is 249 g/mol. The van der Waals surface area contributed by atoms with Gasteiger partial charge in [-0.1, -0.05) is 0 Å². The average molecular weight is 249 g/mol. The standard InChI is InChI=1S/C12H15N3O3/c16-12(17)10-3-8(5-13-10)18-11-4-9(7-1-2-7)14-6-15-11/h4,6-8,10,13H,1-3,5H2,(H,16,17). The van der Waals surface area contributed by atoms with Crippen molar-refractivity contribution in [1.82, 2.24) is 15.3 Å². The first-order valence-electron chi connectivity index (χ1n) is 6.17. The molecule has 3 rings (SSSR count). The molecule has 1 aliphatic carbocycles. The Morgan fingerprint density at radius 3 is 2.94 bits per heavy atom. The zero-order chi connectivity index (χ0) is 12.5. The lowest BCUT2D eigenvalue weighted by atomic mass is 10.2. The van der Waals surface area contributed by atoms with Gasteiger partial charge in [0.25, 0.3) is 0 Å². The lowest BCUT2D eigenvalue weighted by Crippen LogP contribution is -2.30. The molecule has 6 heteroatoms. The van der Waals surface area contributed by atoms with Crippen LogP contribution in [0, 0.1) is 0 Å². The molecule has 18 heavy (non-hydrogen) atoms. The Labute approximate surface area is 104 Å². The lowest BCUT2D eigenvalue weighted by Gasteiger charge is -2.11. The molecule has 2 fully saturated rings. The molecule has 2 N–H and O–H groups in total. The van der Waals surface area contributed by atoms with Gasteiger partial charge in [0.05, 0.1) is 5.69 Å². The van der Waals surface area contributed by atoms with Gasteiger partial charge in [0.1, 0.15) is 18.5 Å². The summed E-state index contributed by atoms with van der Waals surface area (Å²) in [5.41, 5.74) is 1.03. The van der Waals surface area contributed by atoms with Gasteiger partial charge in [0, 0.05) is 24.9 Å². The number of rotatable bonds is 4. The first kappa shape index (κ1) is 11.4. The predicted molar refractivity (Wildman–Crippen MR) is 62.5 cm³/mol. The van der Waals surface area contributed by atoms with Crippen molar-refractivity contribution in [1.29, 1.82) is 0 Å². The molecule has 2 unspecified atom stereocenters. The van der Waals surface area contributed by atoms with E-state index in [2.05, 4.69) is 15.3 Å². The molecule has 2 aliphatic rings. The van der Waals surface area contributed by atoms with Gasteiger partial charge in [-0.15, -0.1) is 0 Å². The van der Waals surface area contributed by atoms with Crippen LogP contribution in [0.1, 0.15) is 30.9 Å². The molecule has 6 nitrogen and oxygen atoms in total. The fourth-order valence-electron chi connectivity index (χ4n) is 2.17. The number of carboxylic acids is 1. The van der Waals surface area contributed by atoms with Crippen molar-refractivity contribution in [3.05, 3.63) is 18.1 Å². The zero-order valence-electron chi connectivity index (χ0n) is 9.87. The van der Waals surface area contributed by atoms with Crippen LogP contribution < -0.4 is 10.1 Å². The molecule has 2 heterocycles. The summed E-state index contributed by atoms with van der Waals surface area (Å²) in [5, 5.41) is 11.8. The molecule has 1 aromatic rings. The number of hydrogen-bond donors (Lipinski definition) is 2. The van der Waals surface area contributed by atoms with Crippen LogP contribution in [0.2, 0.25) is 0 Å². The summed E-state index contributed by atoms with van der Waals surface area (Å²) < 4.78 is 5.70. The minimum absolute atomic E-state index is 0.131. The molecule has 0 radical (unpaired) electrons. The second-order valence-corrected chi connectivity index (χ2v) is 4.83. The van der Waals surface area contributed by atoms with Crippen molar-refractivity contribution >= 4 is 5.97 Å². The number of hydrogen-bond acceptors (Lipinski definition) is 5. The van der Waals surface area contributed by atoms with Crippen LogP contribution >= 0.6 is 0 Å². The fourth-order valence-corrected chi connectivity index (χ4v) is 2.17. The van der Waals surface area contributed by atoms with Crippen LogP contribution in [0.5, 0.6) is 5.88 Å². The van der Waals surface area contributed by atoms with E-state index in [9.17, 15) is 4.79 Å². The van der Waals surface area contributed by atoms with Gasteiger partial charge in [-0.25, -0.2) is 9.97 Å². The van der Waals surface area contributed by atoms with E-state index in [1.54, 1.807) is 0 Å². The van der Waals surface area contributed by atoms with Crippen LogP contribution in [0.25, 0.3) is 0 Å². The molecule has 96 valence electrons. The average Bonchev–Trinajstić information content (AvgIpc) is 3.10. The summed E-state index contributed by atoms with van der Waals surface area (Å²) in [6, 6.07) is 1.35. The highest BCUT2D eigenvalue weighted by Gasteiger charge is 2.31. The van der Waals surface area contributed by atoms with Gasteiger partial charge in [0.2, 0.25) is 5.88 Å². The highest BCUT2D eigenvalue weighted by Crippen LogP contribution is 2.39. The largest absolute Gasteiger partial charge is 0.480 e. The fraction of sp³-hybridized carbons (Fsp3) is 0.583. The normalized spacial score (nSPS) is 27.1. The highest BCUT2D eigenvalue weighted by molar-refractivity contribution is 5.73. The third kappa shape index (κ3) is 2.43. The summed E-state index contributed by atoms with van der Waals surface area (Å²) in [4.78, 5) is 19.1. The molecule has 1 saturated carbocycles. The van der Waals surface area contributed by atoms with Gasteiger partial charge >= 0.3 is 5.97 Å². The maximum absolute atomic E-state index is 10.8. The van der Waals surface area contributed by atoms with Gasteiger partial charge in [-0.2, -0.15) is 0 Å². The van der Waals surface area contributed by atoms with Crippen molar-refractivity contribution in [2.45, 2.75) is 37.3 Å². The van der Waals surface area contributed by atoms with Crippen LogP contribution in [-0.4, -0.2) is 39.7 Å². The number of carboxylic acid groups (broad SMARTS) is 1. The van der Waals surface area contributed by atoms with E-state index in [1.807, 2.05) is 6.07 Å². The molecule has 0 bridgehead atoms. The first-order valence-corrected chi connectivity index (χ1v) is 6.17. The Hall–Kier alpha value is -1.69. The second kappa shape index (κ2) is 4.53. The summed E-state index contributed by atoms with van der Waals surface area (Å²) >= 11 is 0. The van der Waals surface area contributed by atoms with Gasteiger partial charge < -0.3 is 15.2 Å². The van der Waals surface area contributed by atoms with Crippen molar-refractivity contribution in [2.75, 3.05) is 6.54 Å². The maximum Gasteiger partial charge on any atom is 0.320 e. The van der Waals surface area contributed by atoms with E-state index in [0.29, 0.717) is 24.8 Å². The van der Waals surface area contributed by atoms with E-state index in [4.69, 9.17) is 9.84 Å². The Balaban J connectivity index is 1.62. The smallest absolute Gasteiger partial charge is 0.320 e. The summed E-state index contributed by atoms with van der Waals surface area (Å²) in [7, 11) is 0. The van der Waals surface area contributed by atoms with E-state index in [1.165, 1.54) is 19.2 Å². The Morgan fingerprint density at radius 1 is 1.44 bits per heavy atom. The number of nitrogens with one attached hydrogen (secondary N) is 1. The summed E-state index contributed by atoms with van der Waals surface area (Å²) in [5.74, 6) is 0.274. The van der Waals surface area contributed by atoms with Gasteiger partial charge in [-0.05, 0) is 12.8 Å². The number of aromatic nitrogens is 2. The topological polar surface area (TPSA) is 84.3 Å². The number of aliphatic carboxylic acids is 1. The van der Waals surface area contributed by atoms with E-state index in [0.717, 1.165) is 5.69 Å². The van der Waals surface area contributed by atoms with Crippen LogP contribution in [0.3, 0.4) is 0 Å². The van der Waals surface area contributed by atoms with Crippen molar-refractivity contribution < 1.29 is 14.6 Å². The van der Waals surface area contributed by atoms with E-state index in [-0.39, 0.29) is 6.10 Å². The summed E-state index contributed by atoms with van der Waals surface area (Å²) in [6.07, 6.45) is 4.22. The maximum atomic E-state index is 10.8. The minimum atomic E-state index is -0.831. The molecule has 1 aromatic heterocycles. The molecule has 0 spiro atoms. The van der Waals surface area contributed by atoms with Crippen molar-refractivity contribution in [3.8, 4) is 5.88 Å². The Morgan fingerprint density at radius 2 is 2.28 bits per heavy atom. The zero-order valence-corrected chi connectivity index (χ0v) is 9.87. The van der Waals surface area contributed by atoms with Crippen LogP contribution in [0.15, 0.2) is 12.4 Å². The Bertz CT molecular complexity index is 462. The van der Waals surface area contributed by atoms with E-state index < -0.39 is 12.0 Å². The van der Waals surface area contributed by atoms with Gasteiger partial charge in [-0.3, -0.25) is 4.79 Å². The molecular weight excluding hydrogens is 234 g/mol. The van der Waals surface area contributed by atoms with Crippen molar-refractivity contribution in [2.24, 2.45) is 0 Å². The Kier molecular flexibility index (Phi) is 2.87. The number of ether oxygens (including phenoxy) is 1. The summed E-state index contributed by atoms with van der Waals surface area (Å²) in [6.45, 7) is 0.541. The minimum Gasteiger partial charge on any atom is -0.480 e. The molecule has 1 saturated heterocycles. The quantitative estimate of drug-likeness (QED) is 0.810. The molecule has 1 aliphatic heterocycles. The second-order valence-electron chi connectivity index (χ2n) is 4.83.